The third-order valence-corrected chi connectivity index (χ3v) is 6.37. The van der Waals surface area contributed by atoms with Crippen LogP contribution >= 0.6 is 0 Å². The number of ether oxygens (including phenoxy) is 1. The van der Waals surface area contributed by atoms with Gasteiger partial charge < -0.3 is 14.5 Å². The van der Waals surface area contributed by atoms with Gasteiger partial charge in [-0.1, -0.05) is 24.3 Å². The van der Waals surface area contributed by atoms with Gasteiger partial charge in [0.15, 0.2) is 0 Å². The summed E-state index contributed by atoms with van der Waals surface area (Å²) in [5.74, 6) is -0.991. The SMILES string of the molecule is CN(CCc1ccccn1)C(=O)C1C2C(=O)N(Cc3cccnc3)C[C@@]23C=C[C@@H]1O3. The maximum Gasteiger partial charge on any atom is 0.230 e. The molecular formula is C23H24N4O3. The van der Waals surface area contributed by atoms with E-state index in [0.717, 1.165) is 11.3 Å². The van der Waals surface area contributed by atoms with Gasteiger partial charge in [0.05, 0.1) is 24.5 Å². The zero-order chi connectivity index (χ0) is 20.7. The maximum absolute atomic E-state index is 13.3. The van der Waals surface area contributed by atoms with Crippen LogP contribution in [0.15, 0.2) is 61.1 Å². The van der Waals surface area contributed by atoms with E-state index in [-0.39, 0.29) is 17.9 Å². The molecule has 5 heterocycles. The second-order valence-corrected chi connectivity index (χ2v) is 8.29. The molecule has 3 aliphatic heterocycles. The molecule has 2 fully saturated rings. The van der Waals surface area contributed by atoms with Crippen molar-refractivity contribution in [3.05, 3.63) is 72.3 Å². The zero-order valence-corrected chi connectivity index (χ0v) is 16.8. The van der Waals surface area contributed by atoms with Gasteiger partial charge in [-0.25, -0.2) is 0 Å². The van der Waals surface area contributed by atoms with Gasteiger partial charge in [-0.05, 0) is 23.8 Å². The molecule has 4 atom stereocenters. The summed E-state index contributed by atoms with van der Waals surface area (Å²) in [5, 5.41) is 0. The van der Waals surface area contributed by atoms with Crippen molar-refractivity contribution < 1.29 is 14.3 Å². The minimum Gasteiger partial charge on any atom is -0.360 e. The summed E-state index contributed by atoms with van der Waals surface area (Å²) in [6, 6.07) is 9.58. The van der Waals surface area contributed by atoms with Crippen LogP contribution < -0.4 is 0 Å². The number of nitrogens with zero attached hydrogens (tertiary/aromatic N) is 4. The van der Waals surface area contributed by atoms with Crippen LogP contribution in [0.25, 0.3) is 0 Å². The second-order valence-electron chi connectivity index (χ2n) is 8.29. The molecule has 0 saturated carbocycles. The molecule has 30 heavy (non-hydrogen) atoms. The Hall–Kier alpha value is -3.06. The highest BCUT2D eigenvalue weighted by molar-refractivity contribution is 5.93. The van der Waals surface area contributed by atoms with Gasteiger partial charge >= 0.3 is 0 Å². The number of hydrogen-bond acceptors (Lipinski definition) is 5. The van der Waals surface area contributed by atoms with E-state index in [2.05, 4.69) is 9.97 Å². The highest BCUT2D eigenvalue weighted by Gasteiger charge is 2.67. The van der Waals surface area contributed by atoms with Gasteiger partial charge in [0, 0.05) is 50.8 Å². The Bertz CT molecular complexity index is 980. The van der Waals surface area contributed by atoms with Crippen molar-refractivity contribution in [2.24, 2.45) is 11.8 Å². The Kier molecular flexibility index (Phi) is 4.62. The average Bonchev–Trinajstić information content (AvgIpc) is 3.41. The Morgan fingerprint density at radius 1 is 1.30 bits per heavy atom. The van der Waals surface area contributed by atoms with Crippen LogP contribution in [0, 0.1) is 11.8 Å². The van der Waals surface area contributed by atoms with Crippen molar-refractivity contribution in [1.82, 2.24) is 19.8 Å². The van der Waals surface area contributed by atoms with Crippen molar-refractivity contribution in [1.29, 1.82) is 0 Å². The number of likely N-dealkylation sites (N-methyl/N-ethyl adjacent to an activating group) is 1. The van der Waals surface area contributed by atoms with Crippen LogP contribution in [-0.2, 0) is 27.3 Å². The highest BCUT2D eigenvalue weighted by atomic mass is 16.5. The zero-order valence-electron chi connectivity index (χ0n) is 16.8. The summed E-state index contributed by atoms with van der Waals surface area (Å²) in [4.78, 5) is 38.6. The minimum atomic E-state index is -0.688. The fourth-order valence-corrected chi connectivity index (χ4v) is 4.90. The van der Waals surface area contributed by atoms with E-state index in [1.54, 1.807) is 35.4 Å². The predicted molar refractivity (Wildman–Crippen MR) is 109 cm³/mol. The summed E-state index contributed by atoms with van der Waals surface area (Å²) < 4.78 is 6.22. The summed E-state index contributed by atoms with van der Waals surface area (Å²) >= 11 is 0. The molecule has 2 saturated heterocycles. The van der Waals surface area contributed by atoms with Crippen LogP contribution in [0.3, 0.4) is 0 Å². The first-order valence-electron chi connectivity index (χ1n) is 10.3. The van der Waals surface area contributed by atoms with E-state index >= 15 is 0 Å². The number of carbonyl (C=O) groups excluding carboxylic acids is 2. The van der Waals surface area contributed by atoms with Crippen LogP contribution in [0.2, 0.25) is 0 Å². The average molecular weight is 404 g/mol. The van der Waals surface area contributed by atoms with E-state index in [9.17, 15) is 9.59 Å². The normalized spacial score (nSPS) is 28.8. The molecule has 2 unspecified atom stereocenters. The second kappa shape index (κ2) is 7.32. The molecule has 1 spiro atoms. The predicted octanol–water partition coefficient (Wildman–Crippen LogP) is 1.46. The molecule has 7 heteroatoms. The molecule has 0 radical (unpaired) electrons. The summed E-state index contributed by atoms with van der Waals surface area (Å²) in [5.41, 5.74) is 1.22. The molecule has 0 aliphatic carbocycles. The largest absolute Gasteiger partial charge is 0.360 e. The Morgan fingerprint density at radius 2 is 2.20 bits per heavy atom. The van der Waals surface area contributed by atoms with Gasteiger partial charge in [-0.15, -0.1) is 0 Å². The fraction of sp³-hybridized carbons (Fsp3) is 0.391. The van der Waals surface area contributed by atoms with Crippen molar-refractivity contribution >= 4 is 11.8 Å². The smallest absolute Gasteiger partial charge is 0.230 e. The third kappa shape index (κ3) is 3.10. The molecule has 2 amide bonds. The number of rotatable bonds is 6. The van der Waals surface area contributed by atoms with Gasteiger partial charge in [0.1, 0.15) is 5.60 Å². The lowest BCUT2D eigenvalue weighted by molar-refractivity contribution is -0.142. The lowest BCUT2D eigenvalue weighted by Gasteiger charge is -2.27. The standard InChI is InChI=1S/C23H24N4O3/c1-26(12-8-17-6-2-3-11-25-17)21(28)19-18-7-9-23(30-18)15-27(22(29)20(19)23)14-16-5-4-10-24-13-16/h2-7,9-11,13,18-20H,8,12,14-15H2,1H3/t18-,19?,20?,23-/m0/s1. The molecule has 0 aromatic carbocycles. The number of fused-ring (bicyclic) bond motifs is 1. The fourth-order valence-electron chi connectivity index (χ4n) is 4.90. The summed E-state index contributed by atoms with van der Waals surface area (Å²) in [6.07, 6.45) is 9.52. The topological polar surface area (TPSA) is 75.6 Å². The Labute approximate surface area is 175 Å². The van der Waals surface area contributed by atoms with Gasteiger partial charge in [-0.3, -0.25) is 19.6 Å². The molecule has 2 aromatic rings. The van der Waals surface area contributed by atoms with Crippen LogP contribution in [0.1, 0.15) is 11.3 Å². The maximum atomic E-state index is 13.3. The van der Waals surface area contributed by atoms with Crippen molar-refractivity contribution in [2.75, 3.05) is 20.1 Å². The molecule has 154 valence electrons. The van der Waals surface area contributed by atoms with Crippen molar-refractivity contribution in [3.63, 3.8) is 0 Å². The Balaban J connectivity index is 1.31. The van der Waals surface area contributed by atoms with Crippen LogP contribution in [-0.4, -0.2) is 63.4 Å². The van der Waals surface area contributed by atoms with Crippen molar-refractivity contribution in [2.45, 2.75) is 24.7 Å². The number of likely N-dealkylation sites (tertiary alicyclic amines) is 1. The first kappa shape index (κ1) is 18.9. The van der Waals surface area contributed by atoms with Gasteiger partial charge in [-0.2, -0.15) is 0 Å². The lowest BCUT2D eigenvalue weighted by atomic mass is 9.76. The van der Waals surface area contributed by atoms with Gasteiger partial charge in [0.2, 0.25) is 11.8 Å². The summed E-state index contributed by atoms with van der Waals surface area (Å²) in [7, 11) is 1.79. The monoisotopic (exact) mass is 404 g/mol. The summed E-state index contributed by atoms with van der Waals surface area (Å²) in [6.45, 7) is 1.50. The van der Waals surface area contributed by atoms with E-state index in [1.807, 2.05) is 42.5 Å². The number of carbonyl (C=O) groups is 2. The number of aromatic nitrogens is 2. The first-order valence-corrected chi connectivity index (χ1v) is 10.3. The van der Waals surface area contributed by atoms with E-state index < -0.39 is 17.4 Å². The van der Waals surface area contributed by atoms with E-state index in [4.69, 9.17) is 4.74 Å². The van der Waals surface area contributed by atoms with Crippen LogP contribution in [0.5, 0.6) is 0 Å². The minimum absolute atomic E-state index is 0.0119. The number of pyridine rings is 2. The quantitative estimate of drug-likeness (QED) is 0.682. The molecule has 7 nitrogen and oxygen atoms in total. The molecule has 5 rings (SSSR count). The molecule has 0 N–H and O–H groups in total. The molecular weight excluding hydrogens is 380 g/mol. The van der Waals surface area contributed by atoms with Crippen molar-refractivity contribution in [3.8, 4) is 0 Å². The first-order chi connectivity index (χ1) is 14.6. The number of hydrogen-bond donors (Lipinski definition) is 0. The molecule has 2 aromatic heterocycles. The van der Waals surface area contributed by atoms with Gasteiger partial charge in [0.25, 0.3) is 0 Å². The Morgan fingerprint density at radius 3 is 2.97 bits per heavy atom. The lowest BCUT2D eigenvalue weighted by Crippen LogP contribution is -2.45. The van der Waals surface area contributed by atoms with E-state index in [0.29, 0.717) is 26.1 Å². The highest BCUT2D eigenvalue weighted by Crippen LogP contribution is 2.52. The molecule has 3 aliphatic rings. The molecule has 2 bridgehead atoms. The number of amides is 2. The van der Waals surface area contributed by atoms with Crippen LogP contribution in [0.4, 0.5) is 0 Å². The van der Waals surface area contributed by atoms with E-state index in [1.165, 1.54) is 0 Å². The third-order valence-electron chi connectivity index (χ3n) is 6.37.